The van der Waals surface area contributed by atoms with Crippen molar-refractivity contribution in [3.8, 4) is 0 Å². The molecule has 162 valence electrons. The van der Waals surface area contributed by atoms with Crippen molar-refractivity contribution >= 4 is 34.8 Å². The summed E-state index contributed by atoms with van der Waals surface area (Å²) in [7, 11) is 0. The van der Waals surface area contributed by atoms with E-state index in [0.717, 1.165) is 17.1 Å². The van der Waals surface area contributed by atoms with Gasteiger partial charge in [-0.05, 0) is 31.0 Å². The Hall–Kier alpha value is -1.65. The fourth-order valence-electron chi connectivity index (χ4n) is 3.79. The zero-order chi connectivity index (χ0) is 20.9. The zero-order valence-electron chi connectivity index (χ0n) is 16.7. The summed E-state index contributed by atoms with van der Waals surface area (Å²) in [4.78, 5) is 2.14. The van der Waals surface area contributed by atoms with Gasteiger partial charge in [0.2, 0.25) is 0 Å². The van der Waals surface area contributed by atoms with Gasteiger partial charge in [-0.2, -0.15) is 5.10 Å². The zero-order valence-corrected chi connectivity index (χ0v) is 18.3. The van der Waals surface area contributed by atoms with Crippen molar-refractivity contribution in [3.05, 3.63) is 40.7 Å². The maximum atomic E-state index is 11.3. The molecule has 8 nitrogen and oxygen atoms in total. The van der Waals surface area contributed by atoms with Crippen LogP contribution in [0.1, 0.15) is 19.8 Å². The fourth-order valence-corrected chi connectivity index (χ4v) is 4.43. The van der Waals surface area contributed by atoms with E-state index in [1.165, 1.54) is 17.1 Å². The summed E-state index contributed by atoms with van der Waals surface area (Å²) in [6.45, 7) is 4.90. The van der Waals surface area contributed by atoms with E-state index in [1.807, 2.05) is 35.5 Å². The predicted octanol–water partition coefficient (Wildman–Crippen LogP) is 2.31. The van der Waals surface area contributed by atoms with Crippen molar-refractivity contribution in [1.29, 1.82) is 0 Å². The number of benzene rings is 1. The van der Waals surface area contributed by atoms with Crippen molar-refractivity contribution in [3.63, 3.8) is 0 Å². The lowest BCUT2D eigenvalue weighted by Crippen LogP contribution is -2.47. The highest BCUT2D eigenvalue weighted by Crippen LogP contribution is 2.47. The molecule has 0 amide bonds. The number of nitrogens with zero attached hydrogens (tertiary/aromatic N) is 4. The molecule has 3 unspecified atom stereocenters. The first kappa shape index (κ1) is 20.3. The third-order valence-corrected chi connectivity index (χ3v) is 7.09. The van der Waals surface area contributed by atoms with E-state index in [4.69, 9.17) is 21.1 Å². The van der Waals surface area contributed by atoms with Crippen LogP contribution in [0.2, 0.25) is 5.02 Å². The smallest absolute Gasteiger partial charge is 0.185 e. The van der Waals surface area contributed by atoms with E-state index in [-0.39, 0.29) is 17.7 Å². The number of rotatable bonds is 6. The average Bonchev–Trinajstić information content (AvgIpc) is 3.64. The number of ether oxygens (including phenoxy) is 2. The first-order chi connectivity index (χ1) is 14.4. The monoisotopic (exact) mass is 451 g/mol. The van der Waals surface area contributed by atoms with Crippen molar-refractivity contribution in [1.82, 2.24) is 9.21 Å². The van der Waals surface area contributed by atoms with Gasteiger partial charge in [-0.25, -0.2) is 9.31 Å². The molecular formula is C20H24ClN4O4S-. The van der Waals surface area contributed by atoms with E-state index in [0.29, 0.717) is 37.8 Å². The molecule has 0 radical (unpaired) electrons. The second-order valence-corrected chi connectivity index (χ2v) is 9.89. The average molecular weight is 452 g/mol. The summed E-state index contributed by atoms with van der Waals surface area (Å²) < 4.78 is 36.3. The Bertz CT molecular complexity index is 914. The molecule has 0 aromatic heterocycles. The summed E-state index contributed by atoms with van der Waals surface area (Å²) in [6.07, 6.45) is 3.69. The van der Waals surface area contributed by atoms with Gasteiger partial charge in [-0.1, -0.05) is 24.6 Å². The minimum absolute atomic E-state index is 0.212. The minimum Gasteiger partial charge on any atom is -0.760 e. The molecule has 0 bridgehead atoms. The number of hydrogen-bond acceptors (Lipinski definition) is 7. The minimum atomic E-state index is -2.19. The van der Waals surface area contributed by atoms with Crippen LogP contribution < -0.4 is 5.01 Å². The van der Waals surface area contributed by atoms with E-state index in [2.05, 4.69) is 16.9 Å². The molecule has 1 aromatic rings. The first-order valence-electron chi connectivity index (χ1n) is 10.1. The van der Waals surface area contributed by atoms with Crippen LogP contribution in [0.25, 0.3) is 0 Å². The molecule has 2 saturated heterocycles. The molecule has 5 rings (SSSR count). The number of anilines is 1. The Balaban J connectivity index is 1.41. The first-order valence-corrected chi connectivity index (χ1v) is 11.6. The van der Waals surface area contributed by atoms with Crippen LogP contribution >= 0.6 is 11.6 Å². The number of epoxide rings is 1. The Kier molecular flexibility index (Phi) is 5.27. The van der Waals surface area contributed by atoms with Gasteiger partial charge in [0.1, 0.15) is 0 Å². The van der Waals surface area contributed by atoms with Gasteiger partial charge in [0, 0.05) is 47.9 Å². The highest BCUT2D eigenvalue weighted by molar-refractivity contribution is 7.76. The van der Waals surface area contributed by atoms with Gasteiger partial charge in [-0.15, -0.1) is 0 Å². The number of fused-ring (bicyclic) bond motifs is 1. The third-order valence-electron chi connectivity index (χ3n) is 6.07. The quantitative estimate of drug-likeness (QED) is 0.487. The van der Waals surface area contributed by atoms with Gasteiger partial charge in [-0.3, -0.25) is 4.21 Å². The third kappa shape index (κ3) is 4.09. The standard InChI is InChI=1S/C20H25ClN4O4S/c1-20(5-6-20)13-28-17-16(23-7-9-24(10-8-23)30(26)27)12-22-25(19-18(17)29-19)15-4-2-3-14(21)11-15/h2-4,11-12,18-19H,5-10,13H2,1H3,(H,26,27)/p-1. The molecule has 3 aliphatic heterocycles. The topological polar surface area (TPSA) is 84.0 Å². The van der Waals surface area contributed by atoms with E-state index in [9.17, 15) is 8.76 Å². The van der Waals surface area contributed by atoms with Gasteiger partial charge in [0.05, 0.1) is 24.2 Å². The Morgan fingerprint density at radius 3 is 2.77 bits per heavy atom. The maximum Gasteiger partial charge on any atom is 0.185 e. The summed E-state index contributed by atoms with van der Waals surface area (Å²) in [6, 6.07) is 7.51. The number of halogens is 1. The molecule has 0 spiro atoms. The maximum absolute atomic E-state index is 11.3. The van der Waals surface area contributed by atoms with Crippen molar-refractivity contribution in [2.45, 2.75) is 32.1 Å². The molecule has 10 heteroatoms. The molecule has 1 aromatic carbocycles. The highest BCUT2D eigenvalue weighted by Gasteiger charge is 2.52. The molecule has 0 N–H and O–H groups in total. The van der Waals surface area contributed by atoms with Crippen LogP contribution in [0.15, 0.2) is 40.8 Å². The molecule has 1 saturated carbocycles. The van der Waals surface area contributed by atoms with Crippen molar-refractivity contribution in [2.75, 3.05) is 37.8 Å². The van der Waals surface area contributed by atoms with Crippen LogP contribution in [0.4, 0.5) is 5.69 Å². The molecular weight excluding hydrogens is 428 g/mol. The lowest BCUT2D eigenvalue weighted by Gasteiger charge is -2.37. The predicted molar refractivity (Wildman–Crippen MR) is 113 cm³/mol. The van der Waals surface area contributed by atoms with Crippen LogP contribution in [0, 0.1) is 5.41 Å². The summed E-state index contributed by atoms with van der Waals surface area (Å²) in [5.41, 5.74) is 1.96. The summed E-state index contributed by atoms with van der Waals surface area (Å²) in [5.74, 6) is 0.790. The molecule has 1 aliphatic carbocycles. The summed E-state index contributed by atoms with van der Waals surface area (Å²) in [5, 5.41) is 7.15. The number of hydrazone groups is 1. The van der Waals surface area contributed by atoms with Gasteiger partial charge in [0.25, 0.3) is 0 Å². The van der Waals surface area contributed by atoms with Crippen LogP contribution in [-0.4, -0.2) is 69.3 Å². The van der Waals surface area contributed by atoms with E-state index < -0.39 is 11.3 Å². The number of piperazine rings is 1. The Labute approximate surface area is 183 Å². The molecule has 30 heavy (non-hydrogen) atoms. The van der Waals surface area contributed by atoms with Gasteiger partial charge in [0.15, 0.2) is 18.1 Å². The lowest BCUT2D eigenvalue weighted by molar-refractivity contribution is 0.131. The Morgan fingerprint density at radius 1 is 1.33 bits per heavy atom. The second-order valence-electron chi connectivity index (χ2n) is 8.50. The van der Waals surface area contributed by atoms with Gasteiger partial charge >= 0.3 is 0 Å². The van der Waals surface area contributed by atoms with E-state index >= 15 is 0 Å². The van der Waals surface area contributed by atoms with E-state index in [1.54, 1.807) is 0 Å². The van der Waals surface area contributed by atoms with Crippen LogP contribution in [0.3, 0.4) is 0 Å². The molecule has 4 aliphatic rings. The highest BCUT2D eigenvalue weighted by atomic mass is 35.5. The molecule has 3 heterocycles. The molecule has 3 fully saturated rings. The lowest BCUT2D eigenvalue weighted by atomic mass is 10.1. The molecule has 3 atom stereocenters. The summed E-state index contributed by atoms with van der Waals surface area (Å²) >= 11 is 3.98. The Morgan fingerprint density at radius 2 is 2.10 bits per heavy atom. The van der Waals surface area contributed by atoms with Crippen molar-refractivity contribution in [2.24, 2.45) is 10.5 Å². The normalized spacial score (nSPS) is 28.8. The van der Waals surface area contributed by atoms with Crippen LogP contribution in [0.5, 0.6) is 0 Å². The van der Waals surface area contributed by atoms with Crippen molar-refractivity contribution < 1.29 is 18.2 Å². The van der Waals surface area contributed by atoms with Crippen LogP contribution in [-0.2, 0) is 20.7 Å². The second kappa shape index (κ2) is 7.80. The SMILES string of the molecule is CC1(COC2=C(N3CCN(S(=O)[O-])CC3)C=NN(c3cccc(Cl)c3)C3OC23)CC1. The number of allylic oxidation sites excluding steroid dienone is 1. The number of hydrogen-bond donors (Lipinski definition) is 0. The largest absolute Gasteiger partial charge is 0.760 e. The fraction of sp³-hybridized carbons (Fsp3) is 0.550. The van der Waals surface area contributed by atoms with Gasteiger partial charge < -0.3 is 18.9 Å².